The Bertz CT molecular complexity index is 742. The third-order valence-electron chi connectivity index (χ3n) is 4.84. The number of H-pyrrole nitrogens is 1. The molecule has 2 N–H and O–H groups in total. The van der Waals surface area contributed by atoms with Crippen molar-refractivity contribution in [3.05, 3.63) is 35.5 Å². The van der Waals surface area contributed by atoms with Crippen molar-refractivity contribution < 1.29 is 9.59 Å². The molecule has 0 spiro atoms. The van der Waals surface area contributed by atoms with Crippen LogP contribution >= 0.6 is 0 Å². The van der Waals surface area contributed by atoms with E-state index in [4.69, 9.17) is 0 Å². The number of nitrogens with zero attached hydrogens (tertiary/aromatic N) is 1. The Morgan fingerprint density at radius 3 is 2.71 bits per heavy atom. The van der Waals surface area contributed by atoms with Gasteiger partial charge in [-0.2, -0.15) is 0 Å². The van der Waals surface area contributed by atoms with Gasteiger partial charge in [0, 0.05) is 43.7 Å². The second-order valence-corrected chi connectivity index (χ2v) is 6.70. The van der Waals surface area contributed by atoms with Gasteiger partial charge in [0.2, 0.25) is 11.8 Å². The number of aryl methyl sites for hydroxylation is 1. The minimum Gasteiger partial charge on any atom is -0.359 e. The van der Waals surface area contributed by atoms with Gasteiger partial charge in [0.05, 0.1) is 0 Å². The van der Waals surface area contributed by atoms with E-state index in [0.717, 1.165) is 30.5 Å². The molecule has 0 saturated carbocycles. The molecular weight excluding hydrogens is 302 g/mol. The number of piperidine rings is 1. The molecule has 1 saturated heterocycles. The number of carbonyl (C=O) groups excluding carboxylic acids is 2. The number of rotatable bonds is 4. The molecule has 1 aliphatic heterocycles. The van der Waals surface area contributed by atoms with Gasteiger partial charge < -0.3 is 15.2 Å². The molecule has 1 aromatic carbocycles. The van der Waals surface area contributed by atoms with Crippen molar-refractivity contribution in [3.63, 3.8) is 0 Å². The van der Waals surface area contributed by atoms with E-state index in [-0.39, 0.29) is 17.7 Å². The quantitative estimate of drug-likeness (QED) is 0.905. The van der Waals surface area contributed by atoms with Crippen LogP contribution in [-0.4, -0.2) is 41.3 Å². The summed E-state index contributed by atoms with van der Waals surface area (Å²) in [5.41, 5.74) is 3.54. The molecule has 24 heavy (non-hydrogen) atoms. The van der Waals surface area contributed by atoms with E-state index in [1.165, 1.54) is 10.9 Å². The van der Waals surface area contributed by atoms with Crippen molar-refractivity contribution in [1.29, 1.82) is 0 Å². The van der Waals surface area contributed by atoms with Crippen molar-refractivity contribution >= 4 is 22.7 Å². The van der Waals surface area contributed by atoms with Gasteiger partial charge in [0.1, 0.15) is 0 Å². The number of hydrogen-bond donors (Lipinski definition) is 2. The highest BCUT2D eigenvalue weighted by molar-refractivity contribution is 5.81. The number of aromatic nitrogens is 1. The first kappa shape index (κ1) is 16.6. The van der Waals surface area contributed by atoms with E-state index in [1.54, 1.807) is 6.92 Å². The topological polar surface area (TPSA) is 65.2 Å². The molecule has 5 nitrogen and oxygen atoms in total. The lowest BCUT2D eigenvalue weighted by Crippen LogP contribution is -2.42. The first-order valence-corrected chi connectivity index (χ1v) is 8.64. The molecule has 5 heteroatoms. The van der Waals surface area contributed by atoms with Crippen LogP contribution < -0.4 is 5.32 Å². The predicted octanol–water partition coefficient (Wildman–Crippen LogP) is 2.39. The number of fused-ring (bicyclic) bond motifs is 1. The largest absolute Gasteiger partial charge is 0.359 e. The fraction of sp³-hybridized carbons (Fsp3) is 0.474. The van der Waals surface area contributed by atoms with Crippen LogP contribution in [-0.2, 0) is 16.0 Å². The van der Waals surface area contributed by atoms with Crippen molar-refractivity contribution in [3.8, 4) is 0 Å². The van der Waals surface area contributed by atoms with Crippen molar-refractivity contribution in [2.75, 3.05) is 19.6 Å². The van der Waals surface area contributed by atoms with E-state index >= 15 is 0 Å². The highest BCUT2D eigenvalue weighted by atomic mass is 16.2. The molecule has 2 heterocycles. The third kappa shape index (κ3) is 3.78. The Hall–Kier alpha value is -2.30. The highest BCUT2D eigenvalue weighted by Gasteiger charge is 2.25. The number of benzene rings is 1. The smallest absolute Gasteiger partial charge is 0.223 e. The van der Waals surface area contributed by atoms with Gasteiger partial charge in [-0.3, -0.25) is 9.59 Å². The number of hydrogen-bond acceptors (Lipinski definition) is 2. The number of carbonyl (C=O) groups is 2. The molecule has 0 bridgehead atoms. The molecule has 1 aromatic heterocycles. The van der Waals surface area contributed by atoms with Gasteiger partial charge in [-0.25, -0.2) is 0 Å². The summed E-state index contributed by atoms with van der Waals surface area (Å²) in [6.07, 6.45) is 2.36. The molecular formula is C19H25N3O2. The van der Waals surface area contributed by atoms with Crippen LogP contribution in [0, 0.1) is 12.8 Å². The minimum absolute atomic E-state index is 0.0374. The fourth-order valence-corrected chi connectivity index (χ4v) is 3.41. The van der Waals surface area contributed by atoms with Crippen LogP contribution in [0.3, 0.4) is 0 Å². The lowest BCUT2D eigenvalue weighted by Gasteiger charge is -2.30. The van der Waals surface area contributed by atoms with Crippen LogP contribution in [0.15, 0.2) is 24.3 Å². The van der Waals surface area contributed by atoms with E-state index in [2.05, 4.69) is 41.5 Å². The summed E-state index contributed by atoms with van der Waals surface area (Å²) in [6, 6.07) is 8.52. The van der Waals surface area contributed by atoms with Gasteiger partial charge in [0.25, 0.3) is 0 Å². The van der Waals surface area contributed by atoms with Gasteiger partial charge in [-0.05, 0) is 55.3 Å². The second-order valence-electron chi connectivity index (χ2n) is 6.70. The summed E-state index contributed by atoms with van der Waals surface area (Å²) < 4.78 is 0. The third-order valence-corrected chi connectivity index (χ3v) is 4.84. The Morgan fingerprint density at radius 2 is 2.00 bits per heavy atom. The maximum Gasteiger partial charge on any atom is 0.223 e. The van der Waals surface area contributed by atoms with Crippen LogP contribution in [0.25, 0.3) is 10.9 Å². The average Bonchev–Trinajstić information content (AvgIpc) is 2.94. The summed E-state index contributed by atoms with van der Waals surface area (Å²) >= 11 is 0. The minimum atomic E-state index is 0.0374. The van der Waals surface area contributed by atoms with Crippen molar-refractivity contribution in [2.24, 2.45) is 5.92 Å². The maximum atomic E-state index is 12.3. The van der Waals surface area contributed by atoms with E-state index in [1.807, 2.05) is 4.90 Å². The Balaban J connectivity index is 1.47. The zero-order valence-corrected chi connectivity index (χ0v) is 14.4. The molecule has 1 aliphatic rings. The first-order chi connectivity index (χ1) is 11.5. The molecule has 1 fully saturated rings. The average molecular weight is 327 g/mol. The summed E-state index contributed by atoms with van der Waals surface area (Å²) in [5, 5.41) is 4.26. The van der Waals surface area contributed by atoms with Gasteiger partial charge >= 0.3 is 0 Å². The molecule has 3 rings (SSSR count). The van der Waals surface area contributed by atoms with E-state index in [0.29, 0.717) is 19.6 Å². The molecule has 0 aliphatic carbocycles. The molecule has 0 unspecified atom stereocenters. The van der Waals surface area contributed by atoms with Crippen LogP contribution in [0.5, 0.6) is 0 Å². The van der Waals surface area contributed by atoms with Crippen molar-refractivity contribution in [1.82, 2.24) is 15.2 Å². The van der Waals surface area contributed by atoms with E-state index < -0.39 is 0 Å². The first-order valence-electron chi connectivity index (χ1n) is 8.64. The summed E-state index contributed by atoms with van der Waals surface area (Å²) in [4.78, 5) is 28.7. The maximum absolute atomic E-state index is 12.3. The molecule has 0 radical (unpaired) electrons. The summed E-state index contributed by atoms with van der Waals surface area (Å²) in [6.45, 7) is 5.68. The number of nitrogens with one attached hydrogen (secondary N) is 2. The molecule has 2 aromatic rings. The van der Waals surface area contributed by atoms with Crippen molar-refractivity contribution in [2.45, 2.75) is 33.1 Å². The monoisotopic (exact) mass is 327 g/mol. The van der Waals surface area contributed by atoms with Crippen LogP contribution in [0.2, 0.25) is 0 Å². The normalized spacial score (nSPS) is 15.7. The Kier molecular flexibility index (Phi) is 4.88. The lowest BCUT2D eigenvalue weighted by molar-refractivity contribution is -0.133. The Labute approximate surface area is 142 Å². The second kappa shape index (κ2) is 7.07. The summed E-state index contributed by atoms with van der Waals surface area (Å²) in [5.74, 6) is 0.261. The molecule has 128 valence electrons. The molecule has 0 atom stereocenters. The zero-order chi connectivity index (χ0) is 17.1. The van der Waals surface area contributed by atoms with E-state index in [9.17, 15) is 9.59 Å². The number of amides is 2. The predicted molar refractivity (Wildman–Crippen MR) is 94.7 cm³/mol. The standard InChI is InChI=1S/C19H25N3O2/c1-13-11-17-12-15(3-4-18(17)21-13)5-8-20-19(24)16-6-9-22(10-7-16)14(2)23/h3-4,11-12,16,21H,5-10H2,1-2H3,(H,20,24). The molecule has 2 amide bonds. The zero-order valence-electron chi connectivity index (χ0n) is 14.4. The lowest BCUT2D eigenvalue weighted by atomic mass is 9.96. The highest BCUT2D eigenvalue weighted by Crippen LogP contribution is 2.18. The fourth-order valence-electron chi connectivity index (χ4n) is 3.41. The van der Waals surface area contributed by atoms with Gasteiger partial charge in [-0.1, -0.05) is 6.07 Å². The van der Waals surface area contributed by atoms with Crippen LogP contribution in [0.4, 0.5) is 0 Å². The number of aromatic amines is 1. The van der Waals surface area contributed by atoms with Gasteiger partial charge in [0.15, 0.2) is 0 Å². The SMILES string of the molecule is CC(=O)N1CCC(C(=O)NCCc2ccc3[nH]c(C)cc3c2)CC1. The Morgan fingerprint density at radius 1 is 1.25 bits per heavy atom. The summed E-state index contributed by atoms with van der Waals surface area (Å²) in [7, 11) is 0. The number of likely N-dealkylation sites (tertiary alicyclic amines) is 1. The van der Waals surface area contributed by atoms with Gasteiger partial charge in [-0.15, -0.1) is 0 Å². The van der Waals surface area contributed by atoms with Crippen LogP contribution in [0.1, 0.15) is 31.0 Å².